The molecule has 0 radical (unpaired) electrons. The SMILES string of the molecule is CCOc1ncccc1CNS(=O)(=O)c1ccc(C(N)=O)cc1. The Balaban J connectivity index is 2.14. The summed E-state index contributed by atoms with van der Waals surface area (Å²) in [6, 6.07) is 8.83. The highest BCUT2D eigenvalue weighted by Crippen LogP contribution is 2.16. The molecule has 0 atom stereocenters. The van der Waals surface area contributed by atoms with E-state index >= 15 is 0 Å². The van der Waals surface area contributed by atoms with E-state index in [1.54, 1.807) is 18.3 Å². The van der Waals surface area contributed by atoms with Gasteiger partial charge in [-0.05, 0) is 37.3 Å². The number of rotatable bonds is 7. The van der Waals surface area contributed by atoms with Crippen LogP contribution in [0.3, 0.4) is 0 Å². The molecule has 0 unspecified atom stereocenters. The Kier molecular flexibility index (Phi) is 5.30. The van der Waals surface area contributed by atoms with E-state index in [1.165, 1.54) is 24.3 Å². The van der Waals surface area contributed by atoms with Crippen LogP contribution in [0.5, 0.6) is 5.88 Å². The van der Waals surface area contributed by atoms with E-state index in [0.717, 1.165) is 0 Å². The van der Waals surface area contributed by atoms with Crippen LogP contribution in [0, 0.1) is 0 Å². The number of nitrogens with zero attached hydrogens (tertiary/aromatic N) is 1. The second kappa shape index (κ2) is 7.21. The number of pyridine rings is 1. The fraction of sp³-hybridized carbons (Fsp3) is 0.200. The Morgan fingerprint density at radius 3 is 2.57 bits per heavy atom. The zero-order valence-electron chi connectivity index (χ0n) is 12.5. The van der Waals surface area contributed by atoms with Gasteiger partial charge in [0.1, 0.15) is 0 Å². The Morgan fingerprint density at radius 2 is 1.96 bits per heavy atom. The maximum atomic E-state index is 12.3. The molecular weight excluding hydrogens is 318 g/mol. The molecule has 122 valence electrons. The summed E-state index contributed by atoms with van der Waals surface area (Å²) >= 11 is 0. The number of amides is 1. The first-order valence-electron chi connectivity index (χ1n) is 6.90. The van der Waals surface area contributed by atoms with Gasteiger partial charge in [0.2, 0.25) is 21.8 Å². The monoisotopic (exact) mass is 335 g/mol. The maximum absolute atomic E-state index is 12.3. The number of ether oxygens (including phenoxy) is 1. The van der Waals surface area contributed by atoms with Gasteiger partial charge in [0.05, 0.1) is 11.5 Å². The van der Waals surface area contributed by atoms with Crippen LogP contribution >= 0.6 is 0 Å². The van der Waals surface area contributed by atoms with Crippen LogP contribution in [-0.2, 0) is 16.6 Å². The standard InChI is InChI=1S/C15H17N3O4S/c1-2-22-15-12(4-3-9-17-15)10-18-23(20,21)13-7-5-11(6-8-13)14(16)19/h3-9,18H,2,10H2,1H3,(H2,16,19). The summed E-state index contributed by atoms with van der Waals surface area (Å²) in [4.78, 5) is 15.1. The maximum Gasteiger partial charge on any atom is 0.248 e. The molecule has 1 aromatic carbocycles. The zero-order chi connectivity index (χ0) is 16.9. The number of nitrogens with two attached hydrogens (primary N) is 1. The number of aromatic nitrogens is 1. The normalized spacial score (nSPS) is 11.2. The lowest BCUT2D eigenvalue weighted by Gasteiger charge is -2.10. The van der Waals surface area contributed by atoms with Crippen molar-refractivity contribution in [1.29, 1.82) is 0 Å². The number of sulfonamides is 1. The molecule has 2 aromatic rings. The van der Waals surface area contributed by atoms with Crippen LogP contribution in [0.4, 0.5) is 0 Å². The first-order valence-corrected chi connectivity index (χ1v) is 8.38. The summed E-state index contributed by atoms with van der Waals surface area (Å²) < 4.78 is 32.4. The zero-order valence-corrected chi connectivity index (χ0v) is 13.3. The Hall–Kier alpha value is -2.45. The van der Waals surface area contributed by atoms with Crippen LogP contribution in [-0.4, -0.2) is 25.9 Å². The molecule has 0 aliphatic heterocycles. The van der Waals surface area contributed by atoms with E-state index in [1.807, 2.05) is 6.92 Å². The molecule has 7 nitrogen and oxygen atoms in total. The second-order valence-corrected chi connectivity index (χ2v) is 6.38. The lowest BCUT2D eigenvalue weighted by molar-refractivity contribution is 0.1000. The molecule has 2 rings (SSSR count). The predicted molar refractivity (Wildman–Crippen MR) is 84.4 cm³/mol. The molecule has 1 heterocycles. The molecule has 0 spiro atoms. The Bertz CT molecular complexity index is 789. The average molecular weight is 335 g/mol. The highest BCUT2D eigenvalue weighted by atomic mass is 32.2. The topological polar surface area (TPSA) is 111 Å². The van der Waals surface area contributed by atoms with E-state index in [9.17, 15) is 13.2 Å². The Labute approximate surface area is 134 Å². The van der Waals surface area contributed by atoms with Gasteiger partial charge < -0.3 is 10.5 Å². The Morgan fingerprint density at radius 1 is 1.26 bits per heavy atom. The number of carbonyl (C=O) groups excluding carboxylic acids is 1. The molecule has 1 aromatic heterocycles. The number of hydrogen-bond donors (Lipinski definition) is 2. The molecule has 23 heavy (non-hydrogen) atoms. The number of nitrogens with one attached hydrogen (secondary N) is 1. The van der Waals surface area contributed by atoms with Crippen LogP contribution in [0.15, 0.2) is 47.5 Å². The van der Waals surface area contributed by atoms with E-state index in [-0.39, 0.29) is 17.0 Å². The van der Waals surface area contributed by atoms with Crippen molar-refractivity contribution in [3.05, 3.63) is 53.7 Å². The highest BCUT2D eigenvalue weighted by Gasteiger charge is 2.15. The van der Waals surface area contributed by atoms with Crippen molar-refractivity contribution in [3.63, 3.8) is 0 Å². The first kappa shape index (κ1) is 16.9. The quantitative estimate of drug-likeness (QED) is 0.786. The molecule has 0 aliphatic carbocycles. The molecular formula is C15H17N3O4S. The van der Waals surface area contributed by atoms with Gasteiger partial charge in [-0.2, -0.15) is 0 Å². The fourth-order valence-corrected chi connectivity index (χ4v) is 2.89. The van der Waals surface area contributed by atoms with Crippen LogP contribution in [0.1, 0.15) is 22.8 Å². The van der Waals surface area contributed by atoms with Crippen molar-refractivity contribution >= 4 is 15.9 Å². The van der Waals surface area contributed by atoms with Gasteiger partial charge in [-0.3, -0.25) is 4.79 Å². The molecule has 8 heteroatoms. The molecule has 0 fully saturated rings. The minimum absolute atomic E-state index is 0.0447. The number of benzene rings is 1. The van der Waals surface area contributed by atoms with Crippen molar-refractivity contribution in [1.82, 2.24) is 9.71 Å². The van der Waals surface area contributed by atoms with Gasteiger partial charge in [-0.25, -0.2) is 18.1 Å². The number of carbonyl (C=O) groups is 1. The molecule has 0 saturated carbocycles. The minimum atomic E-state index is -3.72. The van der Waals surface area contributed by atoms with Crippen LogP contribution in [0.2, 0.25) is 0 Å². The predicted octanol–water partition coefficient (Wildman–Crippen LogP) is 1.06. The van der Waals surface area contributed by atoms with Crippen molar-refractivity contribution in [2.45, 2.75) is 18.4 Å². The summed E-state index contributed by atoms with van der Waals surface area (Å²) in [6.07, 6.45) is 1.57. The third kappa shape index (κ3) is 4.27. The van der Waals surface area contributed by atoms with Crippen LogP contribution in [0.25, 0.3) is 0 Å². The van der Waals surface area contributed by atoms with Gasteiger partial charge in [0.15, 0.2) is 0 Å². The summed E-state index contributed by atoms with van der Waals surface area (Å²) in [5.74, 6) is -0.222. The van der Waals surface area contributed by atoms with Gasteiger partial charge >= 0.3 is 0 Å². The number of hydrogen-bond acceptors (Lipinski definition) is 5. The molecule has 3 N–H and O–H groups in total. The third-order valence-corrected chi connectivity index (χ3v) is 4.45. The van der Waals surface area contributed by atoms with Gasteiger partial charge in [0, 0.05) is 23.9 Å². The summed E-state index contributed by atoms with van der Waals surface area (Å²) in [5.41, 5.74) is 6.00. The van der Waals surface area contributed by atoms with Crippen molar-refractivity contribution < 1.29 is 17.9 Å². The average Bonchev–Trinajstić information content (AvgIpc) is 2.54. The third-order valence-electron chi connectivity index (χ3n) is 3.03. The molecule has 0 bridgehead atoms. The second-order valence-electron chi connectivity index (χ2n) is 4.61. The van der Waals surface area contributed by atoms with E-state index in [0.29, 0.717) is 18.1 Å². The lowest BCUT2D eigenvalue weighted by Crippen LogP contribution is -2.24. The fourth-order valence-electron chi connectivity index (χ4n) is 1.88. The van der Waals surface area contributed by atoms with Crippen molar-refractivity contribution in [2.24, 2.45) is 5.73 Å². The van der Waals surface area contributed by atoms with Gasteiger partial charge in [-0.1, -0.05) is 6.07 Å². The van der Waals surface area contributed by atoms with Crippen molar-refractivity contribution in [3.8, 4) is 5.88 Å². The molecule has 1 amide bonds. The van der Waals surface area contributed by atoms with Gasteiger partial charge in [-0.15, -0.1) is 0 Å². The smallest absolute Gasteiger partial charge is 0.248 e. The molecule has 0 saturated heterocycles. The lowest BCUT2D eigenvalue weighted by atomic mass is 10.2. The number of primary amides is 1. The summed E-state index contributed by atoms with van der Waals surface area (Å²) in [6.45, 7) is 2.30. The van der Waals surface area contributed by atoms with E-state index in [4.69, 9.17) is 10.5 Å². The van der Waals surface area contributed by atoms with E-state index in [2.05, 4.69) is 9.71 Å². The van der Waals surface area contributed by atoms with Gasteiger partial charge in [0.25, 0.3) is 0 Å². The largest absolute Gasteiger partial charge is 0.478 e. The van der Waals surface area contributed by atoms with Crippen LogP contribution < -0.4 is 15.2 Å². The summed E-state index contributed by atoms with van der Waals surface area (Å²) in [5, 5.41) is 0. The van der Waals surface area contributed by atoms with E-state index < -0.39 is 15.9 Å². The molecule has 0 aliphatic rings. The van der Waals surface area contributed by atoms with Crippen molar-refractivity contribution in [2.75, 3.05) is 6.61 Å². The first-order chi connectivity index (χ1) is 10.9. The minimum Gasteiger partial charge on any atom is -0.478 e. The highest BCUT2D eigenvalue weighted by molar-refractivity contribution is 7.89. The summed E-state index contributed by atoms with van der Waals surface area (Å²) in [7, 11) is -3.72.